The predicted octanol–water partition coefficient (Wildman–Crippen LogP) is 6.54. The molecule has 1 fully saturated rings. The van der Waals surface area contributed by atoms with Gasteiger partial charge in [0.25, 0.3) is 11.7 Å². The molecule has 1 saturated heterocycles. The van der Waals surface area contributed by atoms with Crippen molar-refractivity contribution in [3.05, 3.63) is 94.6 Å². The number of aliphatic hydroxyl groups excluding tert-OH is 1. The molecule has 6 heteroatoms. The number of carbonyl (C=O) groups excluding carboxylic acids is 2. The highest BCUT2D eigenvalue weighted by molar-refractivity contribution is 6.51. The van der Waals surface area contributed by atoms with Crippen molar-refractivity contribution in [3.8, 4) is 11.5 Å². The van der Waals surface area contributed by atoms with Crippen LogP contribution in [0, 0.1) is 6.92 Å². The Morgan fingerprint density at radius 1 is 0.946 bits per heavy atom. The van der Waals surface area contributed by atoms with Crippen LogP contribution in [0.25, 0.3) is 5.76 Å². The molecule has 0 aromatic heterocycles. The van der Waals surface area contributed by atoms with Crippen molar-refractivity contribution in [2.45, 2.75) is 46.6 Å². The number of aryl methyl sites for hydroxylation is 1. The zero-order chi connectivity index (χ0) is 26.7. The van der Waals surface area contributed by atoms with Crippen LogP contribution >= 0.6 is 0 Å². The molecule has 1 N–H and O–H groups in total. The summed E-state index contributed by atoms with van der Waals surface area (Å²) in [5.41, 5.74) is 3.62. The number of ether oxygens (including phenoxy) is 2. The molecular formula is C31H33NO5. The number of ketones is 1. The first-order valence-electron chi connectivity index (χ1n) is 12.6. The number of anilines is 1. The Labute approximate surface area is 218 Å². The van der Waals surface area contributed by atoms with Crippen LogP contribution in [0.5, 0.6) is 11.5 Å². The van der Waals surface area contributed by atoms with Gasteiger partial charge in [0.1, 0.15) is 17.3 Å². The van der Waals surface area contributed by atoms with Crippen LogP contribution in [0.1, 0.15) is 61.9 Å². The Morgan fingerprint density at radius 2 is 1.68 bits per heavy atom. The van der Waals surface area contributed by atoms with Gasteiger partial charge in [0.15, 0.2) is 0 Å². The molecule has 1 aliphatic rings. The van der Waals surface area contributed by atoms with Crippen LogP contribution in [0.3, 0.4) is 0 Å². The number of carbonyl (C=O) groups is 2. The Balaban J connectivity index is 1.94. The average molecular weight is 500 g/mol. The first-order chi connectivity index (χ1) is 17.8. The molecule has 3 aromatic rings. The second kappa shape index (κ2) is 10.9. The van der Waals surface area contributed by atoms with Crippen molar-refractivity contribution in [1.82, 2.24) is 0 Å². The molecule has 0 aliphatic carbocycles. The molecule has 0 spiro atoms. The summed E-state index contributed by atoms with van der Waals surface area (Å²) in [6, 6.07) is 19.3. The summed E-state index contributed by atoms with van der Waals surface area (Å²) in [7, 11) is 0. The molecule has 0 saturated carbocycles. The van der Waals surface area contributed by atoms with Crippen molar-refractivity contribution in [2.75, 3.05) is 18.1 Å². The van der Waals surface area contributed by atoms with Gasteiger partial charge in [-0.15, -0.1) is 0 Å². The average Bonchev–Trinajstić information content (AvgIpc) is 3.14. The predicted molar refractivity (Wildman–Crippen MR) is 145 cm³/mol. The monoisotopic (exact) mass is 499 g/mol. The summed E-state index contributed by atoms with van der Waals surface area (Å²) in [4.78, 5) is 28.5. The Bertz CT molecular complexity index is 1360. The Kier molecular flexibility index (Phi) is 7.67. The van der Waals surface area contributed by atoms with Gasteiger partial charge >= 0.3 is 0 Å². The third-order valence-corrected chi connectivity index (χ3v) is 6.54. The molecule has 0 bridgehead atoms. The maximum absolute atomic E-state index is 13.5. The van der Waals surface area contributed by atoms with E-state index >= 15 is 0 Å². The van der Waals surface area contributed by atoms with E-state index < -0.39 is 17.7 Å². The molecule has 1 unspecified atom stereocenters. The van der Waals surface area contributed by atoms with E-state index in [0.717, 1.165) is 22.4 Å². The number of hydrogen-bond donors (Lipinski definition) is 1. The van der Waals surface area contributed by atoms with Gasteiger partial charge in [-0.2, -0.15) is 0 Å². The van der Waals surface area contributed by atoms with Crippen LogP contribution in [0.4, 0.5) is 5.69 Å². The van der Waals surface area contributed by atoms with Crippen LogP contribution in [-0.2, 0) is 9.59 Å². The molecule has 1 aliphatic heterocycles. The van der Waals surface area contributed by atoms with Crippen LogP contribution < -0.4 is 14.4 Å². The quantitative estimate of drug-likeness (QED) is 0.216. The van der Waals surface area contributed by atoms with Crippen LogP contribution in [0.2, 0.25) is 0 Å². The first-order valence-corrected chi connectivity index (χ1v) is 12.6. The van der Waals surface area contributed by atoms with E-state index in [9.17, 15) is 14.7 Å². The fourth-order valence-corrected chi connectivity index (χ4v) is 4.77. The maximum atomic E-state index is 13.5. The molecular weight excluding hydrogens is 466 g/mol. The van der Waals surface area contributed by atoms with Gasteiger partial charge in [-0.3, -0.25) is 14.5 Å². The van der Waals surface area contributed by atoms with Gasteiger partial charge in [-0.1, -0.05) is 44.2 Å². The number of amides is 1. The summed E-state index contributed by atoms with van der Waals surface area (Å²) >= 11 is 0. The molecule has 0 radical (unpaired) electrons. The Morgan fingerprint density at radius 3 is 2.35 bits per heavy atom. The van der Waals surface area contributed by atoms with Crippen LogP contribution in [0.15, 0.2) is 72.3 Å². The number of Topliss-reactive ketones (excluding diaryl/α,β-unsaturated/α-hetero) is 1. The minimum Gasteiger partial charge on any atom is -0.507 e. The van der Waals surface area contributed by atoms with E-state index in [4.69, 9.17) is 9.47 Å². The van der Waals surface area contributed by atoms with Gasteiger partial charge in [0, 0.05) is 17.3 Å². The van der Waals surface area contributed by atoms with E-state index in [1.54, 1.807) is 36.4 Å². The number of benzene rings is 3. The smallest absolute Gasteiger partial charge is 0.300 e. The molecule has 1 atom stereocenters. The van der Waals surface area contributed by atoms with Gasteiger partial charge < -0.3 is 14.6 Å². The van der Waals surface area contributed by atoms with Crippen molar-refractivity contribution in [1.29, 1.82) is 0 Å². The normalized spacial score (nSPS) is 16.9. The molecule has 37 heavy (non-hydrogen) atoms. The zero-order valence-corrected chi connectivity index (χ0v) is 21.9. The van der Waals surface area contributed by atoms with Crippen molar-refractivity contribution >= 4 is 23.1 Å². The van der Waals surface area contributed by atoms with Gasteiger partial charge in [-0.05, 0) is 73.7 Å². The van der Waals surface area contributed by atoms with Gasteiger partial charge in [0.2, 0.25) is 0 Å². The highest BCUT2D eigenvalue weighted by Gasteiger charge is 2.47. The summed E-state index contributed by atoms with van der Waals surface area (Å²) < 4.78 is 11.4. The molecule has 3 aromatic carbocycles. The minimum absolute atomic E-state index is 0.0555. The fourth-order valence-electron chi connectivity index (χ4n) is 4.77. The van der Waals surface area contributed by atoms with E-state index in [1.165, 1.54) is 4.90 Å². The van der Waals surface area contributed by atoms with E-state index in [2.05, 4.69) is 0 Å². The largest absolute Gasteiger partial charge is 0.507 e. The number of aliphatic hydroxyl groups is 1. The van der Waals surface area contributed by atoms with Crippen molar-refractivity contribution < 1.29 is 24.2 Å². The summed E-state index contributed by atoms with van der Waals surface area (Å²) in [6.45, 7) is 10.8. The van der Waals surface area contributed by atoms with Crippen molar-refractivity contribution in [2.24, 2.45) is 0 Å². The summed E-state index contributed by atoms with van der Waals surface area (Å²) in [5, 5.41) is 11.6. The molecule has 192 valence electrons. The van der Waals surface area contributed by atoms with Crippen LogP contribution in [-0.4, -0.2) is 30.0 Å². The van der Waals surface area contributed by atoms with Gasteiger partial charge in [-0.25, -0.2) is 0 Å². The van der Waals surface area contributed by atoms with E-state index in [1.807, 2.05) is 65.0 Å². The van der Waals surface area contributed by atoms with Crippen molar-refractivity contribution in [3.63, 3.8) is 0 Å². The second-order valence-corrected chi connectivity index (χ2v) is 9.30. The van der Waals surface area contributed by atoms with E-state index in [0.29, 0.717) is 30.2 Å². The zero-order valence-electron chi connectivity index (χ0n) is 21.9. The Hall–Kier alpha value is -4.06. The lowest BCUT2D eigenvalue weighted by molar-refractivity contribution is -0.132. The molecule has 4 rings (SSSR count). The lowest BCUT2D eigenvalue weighted by Crippen LogP contribution is -2.29. The summed E-state index contributed by atoms with van der Waals surface area (Å²) in [5.74, 6) is -0.174. The topological polar surface area (TPSA) is 76.1 Å². The SMILES string of the molecule is CCOc1cccc(N2C(=O)C(=O)/C(=C(/O)c3ccc(OCC)c(C(C)C)c3)C2c2ccccc2C)c1. The lowest BCUT2D eigenvalue weighted by Gasteiger charge is -2.27. The molecule has 1 heterocycles. The minimum atomic E-state index is -0.799. The second-order valence-electron chi connectivity index (χ2n) is 9.30. The molecule has 1 amide bonds. The summed E-state index contributed by atoms with van der Waals surface area (Å²) in [6.07, 6.45) is 0. The number of nitrogens with zero attached hydrogens (tertiary/aromatic N) is 1. The highest BCUT2D eigenvalue weighted by atomic mass is 16.5. The first kappa shape index (κ1) is 26.0. The third kappa shape index (κ3) is 4.96. The third-order valence-electron chi connectivity index (χ3n) is 6.54. The standard InChI is InChI=1S/C31H33NO5/c1-6-36-23-13-10-12-22(18-23)32-28(24-14-9-8-11-20(24)5)27(30(34)31(32)35)29(33)21-15-16-26(37-7-2)25(17-21)19(3)4/h8-19,28,33H,6-7H2,1-5H3/b29-27+. The highest BCUT2D eigenvalue weighted by Crippen LogP contribution is 2.44. The van der Waals surface area contributed by atoms with E-state index in [-0.39, 0.29) is 17.3 Å². The number of rotatable bonds is 8. The lowest BCUT2D eigenvalue weighted by atomic mass is 9.91. The maximum Gasteiger partial charge on any atom is 0.300 e. The molecule has 6 nitrogen and oxygen atoms in total. The number of hydrogen-bond acceptors (Lipinski definition) is 5. The fraction of sp³-hybridized carbons (Fsp3) is 0.290. The van der Waals surface area contributed by atoms with Gasteiger partial charge in [0.05, 0.1) is 24.8 Å².